The number of ether oxygens (including phenoxy) is 1. The second-order valence-corrected chi connectivity index (χ2v) is 8.48. The van der Waals surface area contributed by atoms with Crippen LogP contribution in [0.4, 0.5) is 4.79 Å². The first-order valence-corrected chi connectivity index (χ1v) is 10.0. The summed E-state index contributed by atoms with van der Waals surface area (Å²) in [4.78, 5) is 22.9. The summed E-state index contributed by atoms with van der Waals surface area (Å²) in [6, 6.07) is 0.0849. The van der Waals surface area contributed by atoms with Gasteiger partial charge in [-0.15, -0.1) is 35.3 Å². The van der Waals surface area contributed by atoms with E-state index in [4.69, 9.17) is 4.74 Å². The molecule has 0 aliphatic carbocycles. The molecule has 1 aliphatic heterocycles. The van der Waals surface area contributed by atoms with Gasteiger partial charge in [0.05, 0.1) is 11.0 Å². The maximum atomic E-state index is 11.9. The summed E-state index contributed by atoms with van der Waals surface area (Å²) in [5.74, 6) is 0.883. The minimum atomic E-state index is -0.476. The Morgan fingerprint density at radius 2 is 2.22 bits per heavy atom. The number of rotatable bonds is 5. The second kappa shape index (κ2) is 11.0. The molecule has 2 N–H and O–H groups in total. The summed E-state index contributed by atoms with van der Waals surface area (Å²) >= 11 is 1.72. The van der Waals surface area contributed by atoms with Crippen LogP contribution in [0, 0.1) is 6.92 Å². The van der Waals surface area contributed by atoms with E-state index in [1.807, 2.05) is 27.7 Å². The van der Waals surface area contributed by atoms with Gasteiger partial charge in [0.2, 0.25) is 0 Å². The van der Waals surface area contributed by atoms with Crippen molar-refractivity contribution in [2.75, 3.05) is 26.7 Å². The van der Waals surface area contributed by atoms with Crippen molar-refractivity contribution in [2.24, 2.45) is 4.99 Å². The summed E-state index contributed by atoms with van der Waals surface area (Å²) in [7, 11) is 1.79. The van der Waals surface area contributed by atoms with Crippen molar-refractivity contribution >= 4 is 47.4 Å². The number of hydrogen-bond donors (Lipinski definition) is 2. The van der Waals surface area contributed by atoms with Crippen LogP contribution >= 0.6 is 35.3 Å². The summed E-state index contributed by atoms with van der Waals surface area (Å²) in [6.45, 7) is 10.1. The first-order valence-electron chi connectivity index (χ1n) is 9.13. The van der Waals surface area contributed by atoms with Gasteiger partial charge in [0.25, 0.3) is 0 Å². The van der Waals surface area contributed by atoms with E-state index in [1.54, 1.807) is 18.4 Å². The number of aromatic nitrogens is 1. The SMILES string of the molecule is CN=C(NCCCc1nc(C)cs1)N1CCC(NC(=O)OC(C)(C)C)C1.I. The number of guanidine groups is 1. The number of carbonyl (C=O) groups excluding carboxylic acids is 1. The van der Waals surface area contributed by atoms with E-state index in [0.717, 1.165) is 50.6 Å². The van der Waals surface area contributed by atoms with Crippen LogP contribution in [0.25, 0.3) is 0 Å². The number of amides is 1. The van der Waals surface area contributed by atoms with E-state index in [-0.39, 0.29) is 36.1 Å². The maximum absolute atomic E-state index is 11.9. The number of nitrogens with one attached hydrogen (secondary N) is 2. The lowest BCUT2D eigenvalue weighted by molar-refractivity contribution is 0.0507. The number of aryl methyl sites for hydroxylation is 2. The van der Waals surface area contributed by atoms with Gasteiger partial charge in [-0.2, -0.15) is 0 Å². The number of nitrogens with zero attached hydrogens (tertiary/aromatic N) is 3. The molecule has 1 saturated heterocycles. The maximum Gasteiger partial charge on any atom is 0.407 e. The van der Waals surface area contributed by atoms with Crippen molar-refractivity contribution in [3.8, 4) is 0 Å². The molecule has 1 amide bonds. The van der Waals surface area contributed by atoms with E-state index >= 15 is 0 Å². The summed E-state index contributed by atoms with van der Waals surface area (Å²) in [5.41, 5.74) is 0.616. The second-order valence-electron chi connectivity index (χ2n) is 7.54. The molecule has 0 radical (unpaired) electrons. The first-order chi connectivity index (χ1) is 12.3. The Kier molecular flexibility index (Phi) is 9.78. The van der Waals surface area contributed by atoms with Crippen molar-refractivity contribution in [1.29, 1.82) is 0 Å². The molecule has 0 bridgehead atoms. The molecule has 0 saturated carbocycles. The zero-order valence-corrected chi connectivity index (χ0v) is 20.0. The molecule has 1 aromatic rings. The first kappa shape index (κ1) is 23.9. The van der Waals surface area contributed by atoms with Crippen LogP contribution in [0.5, 0.6) is 0 Å². The molecular formula is C18H32IN5O2S. The molecule has 0 spiro atoms. The molecule has 2 rings (SSSR count). The summed E-state index contributed by atoms with van der Waals surface area (Å²) in [5, 5.41) is 9.62. The Hall–Kier alpha value is -1.10. The molecule has 1 atom stereocenters. The van der Waals surface area contributed by atoms with Gasteiger partial charge in [-0.1, -0.05) is 0 Å². The van der Waals surface area contributed by atoms with Crippen LogP contribution in [0.2, 0.25) is 0 Å². The fourth-order valence-electron chi connectivity index (χ4n) is 2.83. The lowest BCUT2D eigenvalue weighted by Crippen LogP contribution is -2.44. The lowest BCUT2D eigenvalue weighted by Gasteiger charge is -2.23. The van der Waals surface area contributed by atoms with Crippen molar-refractivity contribution in [3.63, 3.8) is 0 Å². The Morgan fingerprint density at radius 3 is 2.81 bits per heavy atom. The van der Waals surface area contributed by atoms with Gasteiger partial charge in [-0.3, -0.25) is 4.99 Å². The molecule has 1 aliphatic rings. The third-order valence-electron chi connectivity index (χ3n) is 3.94. The van der Waals surface area contributed by atoms with Crippen LogP contribution in [-0.4, -0.2) is 60.3 Å². The van der Waals surface area contributed by atoms with Crippen LogP contribution in [-0.2, 0) is 11.2 Å². The Morgan fingerprint density at radius 1 is 1.48 bits per heavy atom. The number of carbonyl (C=O) groups is 1. The molecular weight excluding hydrogens is 477 g/mol. The van der Waals surface area contributed by atoms with Gasteiger partial charge < -0.3 is 20.3 Å². The predicted octanol–water partition coefficient (Wildman–Crippen LogP) is 3.18. The van der Waals surface area contributed by atoms with Gasteiger partial charge in [-0.05, 0) is 40.5 Å². The number of thiazole rings is 1. The highest BCUT2D eigenvalue weighted by Gasteiger charge is 2.27. The molecule has 1 fully saturated rings. The Balaban J connectivity index is 0.00000364. The minimum Gasteiger partial charge on any atom is -0.444 e. The highest BCUT2D eigenvalue weighted by molar-refractivity contribution is 14.0. The van der Waals surface area contributed by atoms with E-state index in [0.29, 0.717) is 0 Å². The van der Waals surface area contributed by atoms with E-state index in [2.05, 4.69) is 30.9 Å². The molecule has 1 aromatic heterocycles. The number of alkyl carbamates (subject to hydrolysis) is 1. The van der Waals surface area contributed by atoms with Crippen molar-refractivity contribution in [3.05, 3.63) is 16.1 Å². The normalized spacial score (nSPS) is 17.4. The number of aliphatic imine (C=N–C) groups is 1. The van der Waals surface area contributed by atoms with Gasteiger partial charge in [-0.25, -0.2) is 9.78 Å². The summed E-state index contributed by atoms with van der Waals surface area (Å²) < 4.78 is 5.33. The van der Waals surface area contributed by atoms with Crippen LogP contribution in [0.15, 0.2) is 10.4 Å². The van der Waals surface area contributed by atoms with Crippen LogP contribution in [0.1, 0.15) is 44.3 Å². The van der Waals surface area contributed by atoms with Crippen LogP contribution in [0.3, 0.4) is 0 Å². The van der Waals surface area contributed by atoms with Gasteiger partial charge in [0.1, 0.15) is 5.60 Å². The monoisotopic (exact) mass is 509 g/mol. The fourth-order valence-corrected chi connectivity index (χ4v) is 3.65. The van der Waals surface area contributed by atoms with Crippen molar-refractivity contribution in [2.45, 2.75) is 58.6 Å². The number of hydrogen-bond acceptors (Lipinski definition) is 5. The third kappa shape index (κ3) is 8.63. The molecule has 2 heterocycles. The van der Waals surface area contributed by atoms with Gasteiger partial charge >= 0.3 is 6.09 Å². The molecule has 9 heteroatoms. The summed E-state index contributed by atoms with van der Waals surface area (Å²) in [6.07, 6.45) is 2.52. The quantitative estimate of drug-likeness (QED) is 0.276. The zero-order chi connectivity index (χ0) is 19.2. The Labute approximate surface area is 183 Å². The third-order valence-corrected chi connectivity index (χ3v) is 4.96. The van der Waals surface area contributed by atoms with E-state index in [9.17, 15) is 4.79 Å². The van der Waals surface area contributed by atoms with E-state index in [1.165, 1.54) is 5.01 Å². The number of likely N-dealkylation sites (tertiary alicyclic amines) is 1. The largest absolute Gasteiger partial charge is 0.444 e. The molecule has 1 unspecified atom stereocenters. The van der Waals surface area contributed by atoms with Gasteiger partial charge in [0.15, 0.2) is 5.96 Å². The molecule has 0 aromatic carbocycles. The Bertz CT molecular complexity index is 630. The highest BCUT2D eigenvalue weighted by atomic mass is 127. The predicted molar refractivity (Wildman–Crippen MR) is 121 cm³/mol. The molecule has 7 nitrogen and oxygen atoms in total. The van der Waals surface area contributed by atoms with Gasteiger partial charge in [0, 0.05) is 44.2 Å². The van der Waals surface area contributed by atoms with Crippen LogP contribution < -0.4 is 10.6 Å². The zero-order valence-electron chi connectivity index (χ0n) is 16.9. The molecule has 27 heavy (non-hydrogen) atoms. The van der Waals surface area contributed by atoms with Crippen molar-refractivity contribution < 1.29 is 9.53 Å². The fraction of sp³-hybridized carbons (Fsp3) is 0.722. The lowest BCUT2D eigenvalue weighted by atomic mass is 10.2. The average molecular weight is 509 g/mol. The van der Waals surface area contributed by atoms with E-state index < -0.39 is 5.60 Å². The standard InChI is InChI=1S/C18H31N5O2S.HI/c1-13-12-26-15(21-13)7-6-9-20-16(19-5)23-10-8-14(11-23)22-17(24)25-18(2,3)4;/h12,14H,6-11H2,1-5H3,(H,19,20)(H,22,24);1H. The minimum absolute atomic E-state index is 0. The highest BCUT2D eigenvalue weighted by Crippen LogP contribution is 2.13. The smallest absolute Gasteiger partial charge is 0.407 e. The molecule has 154 valence electrons. The number of halogens is 1. The topological polar surface area (TPSA) is 78.9 Å². The average Bonchev–Trinajstić information content (AvgIpc) is 3.15. The van der Waals surface area contributed by atoms with Crippen molar-refractivity contribution in [1.82, 2.24) is 20.5 Å².